The van der Waals surface area contributed by atoms with Crippen LogP contribution >= 0.6 is 0 Å². The number of amides is 1. The molecule has 0 spiro atoms. The molecule has 3 aromatic rings. The molecule has 2 heterocycles. The first-order valence-electron chi connectivity index (χ1n) is 10.5. The normalized spacial score (nSPS) is 11.3. The molecule has 0 aliphatic rings. The summed E-state index contributed by atoms with van der Waals surface area (Å²) in [6, 6.07) is 11.0. The van der Waals surface area contributed by atoms with E-state index in [2.05, 4.69) is 9.97 Å². The number of halogens is 1. The van der Waals surface area contributed by atoms with Gasteiger partial charge in [0.25, 0.3) is 15.9 Å². The molecule has 0 saturated heterocycles. The maximum atomic E-state index is 14.2. The van der Waals surface area contributed by atoms with Gasteiger partial charge in [0, 0.05) is 11.6 Å². The molecule has 0 radical (unpaired) electrons. The molecule has 3 rings (SSSR count). The van der Waals surface area contributed by atoms with Crippen LogP contribution in [0.3, 0.4) is 0 Å². The van der Waals surface area contributed by atoms with Crippen molar-refractivity contribution in [3.8, 4) is 22.9 Å². The monoisotopic (exact) mass is 488 g/mol. The van der Waals surface area contributed by atoms with Gasteiger partial charge in [-0.3, -0.25) is 4.79 Å². The highest BCUT2D eigenvalue weighted by atomic mass is 32.2. The van der Waals surface area contributed by atoms with Gasteiger partial charge in [-0.15, -0.1) is 0 Å². The van der Waals surface area contributed by atoms with Crippen LogP contribution < -0.4 is 19.9 Å². The van der Waals surface area contributed by atoms with Crippen LogP contribution in [-0.4, -0.2) is 37.5 Å². The van der Waals surface area contributed by atoms with E-state index in [0.29, 0.717) is 23.6 Å². The van der Waals surface area contributed by atoms with E-state index in [-0.39, 0.29) is 29.8 Å². The largest absolute Gasteiger partial charge is 0.493 e. The van der Waals surface area contributed by atoms with E-state index < -0.39 is 26.8 Å². The summed E-state index contributed by atoms with van der Waals surface area (Å²) in [4.78, 5) is 20.8. The van der Waals surface area contributed by atoms with Crippen molar-refractivity contribution in [1.82, 2.24) is 14.7 Å². The van der Waals surface area contributed by atoms with Crippen molar-refractivity contribution in [2.75, 3.05) is 18.9 Å². The predicted molar refractivity (Wildman–Crippen MR) is 124 cm³/mol. The molecule has 0 bridgehead atoms. The van der Waals surface area contributed by atoms with Crippen molar-refractivity contribution in [3.05, 3.63) is 59.9 Å². The molecule has 11 heteroatoms. The zero-order valence-electron chi connectivity index (χ0n) is 18.9. The number of rotatable bonds is 9. The molecule has 0 atom stereocenters. The van der Waals surface area contributed by atoms with Gasteiger partial charge in [-0.05, 0) is 49.2 Å². The second-order valence-electron chi connectivity index (χ2n) is 7.70. The molecule has 2 aromatic heterocycles. The average molecular weight is 489 g/mol. The summed E-state index contributed by atoms with van der Waals surface area (Å²) in [5.74, 6) is -1.01. The number of hydrogen-bond donors (Lipinski definition) is 2. The van der Waals surface area contributed by atoms with Gasteiger partial charge < -0.3 is 15.2 Å². The maximum absolute atomic E-state index is 14.2. The van der Waals surface area contributed by atoms with E-state index in [1.54, 1.807) is 13.0 Å². The van der Waals surface area contributed by atoms with Gasteiger partial charge >= 0.3 is 0 Å². The molecule has 1 aromatic carbocycles. The highest BCUT2D eigenvalue weighted by Gasteiger charge is 2.24. The zero-order valence-corrected chi connectivity index (χ0v) is 19.7. The number of anilines is 1. The van der Waals surface area contributed by atoms with Gasteiger partial charge in [0.2, 0.25) is 5.88 Å². The fraction of sp³-hybridized carbons (Fsp3) is 0.261. The lowest BCUT2D eigenvalue weighted by atomic mass is 10.1. The van der Waals surface area contributed by atoms with Crippen LogP contribution in [0.15, 0.2) is 53.6 Å². The van der Waals surface area contributed by atoms with Gasteiger partial charge in [0.05, 0.1) is 18.9 Å². The van der Waals surface area contributed by atoms with E-state index in [0.717, 1.165) is 0 Å². The Morgan fingerprint density at radius 2 is 1.88 bits per heavy atom. The van der Waals surface area contributed by atoms with Gasteiger partial charge in [-0.1, -0.05) is 19.9 Å². The Morgan fingerprint density at radius 1 is 1.12 bits per heavy atom. The number of nitrogens with two attached hydrogens (primary N) is 1. The summed E-state index contributed by atoms with van der Waals surface area (Å²) in [7, 11) is -4.29. The average Bonchev–Trinajstić information content (AvgIpc) is 2.77. The first-order chi connectivity index (χ1) is 16.1. The molecule has 0 aliphatic carbocycles. The molecule has 180 valence electrons. The predicted octanol–water partition coefficient (Wildman–Crippen LogP) is 3.42. The molecule has 0 unspecified atom stereocenters. The molecule has 0 fully saturated rings. The number of carbonyl (C=O) groups excluding carboxylic acids is 1. The standard InChI is InChI=1S/C23H25FN4O5S/c1-4-32-23-18(22(29)28-34(30,31)21-7-5-6-20(25)27-21)8-9-19(26-23)15-10-16(24)12-17(11-15)33-13-14(2)3/h5-12,14H,4,13H2,1-3H3,(H2,25,27)(H,28,29). The molecular formula is C23H25FN4O5S. The van der Waals surface area contributed by atoms with Gasteiger partial charge in [-0.2, -0.15) is 8.42 Å². The summed E-state index contributed by atoms with van der Waals surface area (Å²) in [5.41, 5.74) is 6.13. The van der Waals surface area contributed by atoms with Crippen molar-refractivity contribution < 1.29 is 27.1 Å². The van der Waals surface area contributed by atoms with Crippen molar-refractivity contribution >= 4 is 21.7 Å². The number of pyridine rings is 2. The number of nitrogen functional groups attached to an aromatic ring is 1. The lowest BCUT2D eigenvalue weighted by Crippen LogP contribution is -2.31. The van der Waals surface area contributed by atoms with E-state index in [1.165, 1.54) is 42.5 Å². The number of aromatic nitrogens is 2. The lowest BCUT2D eigenvalue weighted by molar-refractivity contribution is 0.0976. The van der Waals surface area contributed by atoms with Crippen LogP contribution in [0.2, 0.25) is 0 Å². The SMILES string of the molecule is CCOc1nc(-c2cc(F)cc(OCC(C)C)c2)ccc1C(=O)NS(=O)(=O)c1cccc(N)n1. The number of ether oxygens (including phenoxy) is 2. The van der Waals surface area contributed by atoms with Crippen LogP contribution in [0, 0.1) is 11.7 Å². The molecular weight excluding hydrogens is 463 g/mol. The van der Waals surface area contributed by atoms with Crippen LogP contribution in [0.5, 0.6) is 11.6 Å². The highest BCUT2D eigenvalue weighted by molar-refractivity contribution is 7.90. The quantitative estimate of drug-likeness (QED) is 0.468. The first-order valence-corrected chi connectivity index (χ1v) is 11.9. The molecule has 0 aliphatic heterocycles. The van der Waals surface area contributed by atoms with Crippen LogP contribution in [-0.2, 0) is 10.0 Å². The lowest BCUT2D eigenvalue weighted by Gasteiger charge is -2.13. The summed E-state index contributed by atoms with van der Waals surface area (Å²) in [6.45, 7) is 6.21. The zero-order chi connectivity index (χ0) is 24.9. The van der Waals surface area contributed by atoms with Crippen LogP contribution in [0.4, 0.5) is 10.2 Å². The minimum atomic E-state index is -4.29. The Bertz CT molecular complexity index is 1300. The molecule has 0 saturated carbocycles. The molecule has 1 amide bonds. The fourth-order valence-electron chi connectivity index (χ4n) is 2.89. The summed E-state index contributed by atoms with van der Waals surface area (Å²) in [6.07, 6.45) is 0. The van der Waals surface area contributed by atoms with Gasteiger partial charge in [0.15, 0.2) is 5.03 Å². The van der Waals surface area contributed by atoms with Crippen molar-refractivity contribution in [2.24, 2.45) is 5.92 Å². The highest BCUT2D eigenvalue weighted by Crippen LogP contribution is 2.28. The van der Waals surface area contributed by atoms with Gasteiger partial charge in [0.1, 0.15) is 22.9 Å². The Kier molecular flexibility index (Phi) is 7.67. The number of hydrogen-bond acceptors (Lipinski definition) is 8. The first kappa shape index (κ1) is 24.9. The summed E-state index contributed by atoms with van der Waals surface area (Å²) in [5, 5.41) is -0.405. The summed E-state index contributed by atoms with van der Waals surface area (Å²) >= 11 is 0. The number of sulfonamides is 1. The van der Waals surface area contributed by atoms with Crippen molar-refractivity contribution in [2.45, 2.75) is 25.8 Å². The molecule has 9 nitrogen and oxygen atoms in total. The van der Waals surface area contributed by atoms with E-state index in [4.69, 9.17) is 15.2 Å². The third kappa shape index (κ3) is 6.19. The smallest absolute Gasteiger partial charge is 0.281 e. The van der Waals surface area contributed by atoms with E-state index in [1.807, 2.05) is 18.6 Å². The second kappa shape index (κ2) is 10.5. The van der Waals surface area contributed by atoms with E-state index in [9.17, 15) is 17.6 Å². The topological polar surface area (TPSA) is 134 Å². The Balaban J connectivity index is 1.92. The minimum Gasteiger partial charge on any atom is -0.493 e. The number of nitrogens with one attached hydrogen (secondary N) is 1. The number of benzene rings is 1. The maximum Gasteiger partial charge on any atom is 0.281 e. The molecule has 3 N–H and O–H groups in total. The van der Waals surface area contributed by atoms with Crippen LogP contribution in [0.1, 0.15) is 31.1 Å². The Morgan fingerprint density at radius 3 is 2.56 bits per heavy atom. The molecule has 34 heavy (non-hydrogen) atoms. The third-order valence-corrected chi connectivity index (χ3v) is 5.62. The van der Waals surface area contributed by atoms with Gasteiger partial charge in [-0.25, -0.2) is 19.1 Å². The summed E-state index contributed by atoms with van der Waals surface area (Å²) < 4.78 is 52.3. The van der Waals surface area contributed by atoms with Crippen molar-refractivity contribution in [1.29, 1.82) is 0 Å². The van der Waals surface area contributed by atoms with E-state index >= 15 is 0 Å². The second-order valence-corrected chi connectivity index (χ2v) is 9.33. The third-order valence-electron chi connectivity index (χ3n) is 4.38. The Hall–Kier alpha value is -3.73. The minimum absolute atomic E-state index is 0.0109. The van der Waals surface area contributed by atoms with Crippen LogP contribution in [0.25, 0.3) is 11.3 Å². The fourth-order valence-corrected chi connectivity index (χ4v) is 3.83. The van der Waals surface area contributed by atoms with Crippen molar-refractivity contribution in [3.63, 3.8) is 0 Å². The number of nitrogens with zero attached hydrogens (tertiary/aromatic N) is 2. The Labute approximate surface area is 197 Å². The number of carbonyl (C=O) groups is 1.